The second kappa shape index (κ2) is 6.51. The molecule has 0 radical (unpaired) electrons. The van der Waals surface area contributed by atoms with Crippen LogP contribution in [0, 0.1) is 11.3 Å². The van der Waals surface area contributed by atoms with Gasteiger partial charge in [0, 0.05) is 39.9 Å². The fourth-order valence-electron chi connectivity index (χ4n) is 1.54. The molecule has 106 valence electrons. The normalized spacial score (nSPS) is 11.7. The number of nitrogens with two attached hydrogens (primary N) is 1. The van der Waals surface area contributed by atoms with E-state index in [2.05, 4.69) is 5.10 Å². The zero-order chi connectivity index (χ0) is 14.5. The number of ether oxygens (including phenoxy) is 1. The zero-order valence-corrected chi connectivity index (χ0v) is 11.7. The maximum Gasteiger partial charge on any atom is 0.248 e. The van der Waals surface area contributed by atoms with Crippen molar-refractivity contribution in [2.24, 2.45) is 7.05 Å². The molecule has 0 aliphatic carbocycles. The zero-order valence-electron chi connectivity index (χ0n) is 10.9. The number of nitrogens with zero attached hydrogens (tertiary/aromatic N) is 4. The molecule has 1 aromatic rings. The average molecular weight is 287 g/mol. The lowest BCUT2D eigenvalue weighted by Crippen LogP contribution is -2.35. The van der Waals surface area contributed by atoms with E-state index in [0.717, 1.165) is 0 Å². The van der Waals surface area contributed by atoms with Gasteiger partial charge in [-0.25, -0.2) is 8.42 Å². The number of methoxy groups -OCH3 is 1. The van der Waals surface area contributed by atoms with Crippen molar-refractivity contribution in [2.45, 2.75) is 11.3 Å². The van der Waals surface area contributed by atoms with Crippen LogP contribution >= 0.6 is 0 Å². The molecule has 1 rings (SSSR count). The van der Waals surface area contributed by atoms with Gasteiger partial charge in [0.25, 0.3) is 0 Å². The second-order valence-corrected chi connectivity index (χ2v) is 5.76. The number of rotatable bonds is 7. The number of nitrogen functional groups attached to an aromatic ring is 1. The molecule has 0 amide bonds. The van der Waals surface area contributed by atoms with Crippen LogP contribution < -0.4 is 5.73 Å². The van der Waals surface area contributed by atoms with E-state index in [1.54, 1.807) is 7.05 Å². The number of hydrogen-bond donors (Lipinski definition) is 1. The predicted octanol–water partition coefficient (Wildman–Crippen LogP) is -0.447. The quantitative estimate of drug-likeness (QED) is 0.726. The lowest BCUT2D eigenvalue weighted by Gasteiger charge is -2.20. The molecule has 2 N–H and O–H groups in total. The summed E-state index contributed by atoms with van der Waals surface area (Å²) in [5.74, 6) is -0.0538. The first-order valence-electron chi connectivity index (χ1n) is 5.58. The monoisotopic (exact) mass is 287 g/mol. The number of sulfonamides is 1. The lowest BCUT2D eigenvalue weighted by molar-refractivity contribution is 0.179. The molecule has 0 saturated heterocycles. The van der Waals surface area contributed by atoms with E-state index >= 15 is 0 Å². The Labute approximate surface area is 112 Å². The summed E-state index contributed by atoms with van der Waals surface area (Å²) in [5, 5.41) is 12.4. The minimum atomic E-state index is -3.76. The average Bonchev–Trinajstić information content (AvgIpc) is 2.69. The lowest BCUT2D eigenvalue weighted by atomic mass is 10.4. The van der Waals surface area contributed by atoms with Gasteiger partial charge in [-0.3, -0.25) is 4.68 Å². The fraction of sp³-hybridized carbons (Fsp3) is 0.600. The Morgan fingerprint density at radius 1 is 1.58 bits per heavy atom. The number of hydrogen-bond acceptors (Lipinski definition) is 6. The fourth-order valence-corrected chi connectivity index (χ4v) is 3.06. The van der Waals surface area contributed by atoms with Crippen molar-refractivity contribution in [1.82, 2.24) is 14.1 Å². The Kier molecular flexibility index (Phi) is 5.29. The Morgan fingerprint density at radius 3 is 2.74 bits per heavy atom. The van der Waals surface area contributed by atoms with Gasteiger partial charge in [-0.2, -0.15) is 14.7 Å². The summed E-state index contributed by atoms with van der Waals surface area (Å²) >= 11 is 0. The van der Waals surface area contributed by atoms with E-state index in [1.807, 2.05) is 6.07 Å². The first-order chi connectivity index (χ1) is 8.93. The second-order valence-electron chi connectivity index (χ2n) is 3.86. The Morgan fingerprint density at radius 2 is 2.26 bits per heavy atom. The summed E-state index contributed by atoms with van der Waals surface area (Å²) in [5.41, 5.74) is 5.59. The highest BCUT2D eigenvalue weighted by Gasteiger charge is 2.28. The molecule has 0 saturated carbocycles. The summed E-state index contributed by atoms with van der Waals surface area (Å²) < 4.78 is 32.2. The molecule has 19 heavy (non-hydrogen) atoms. The van der Waals surface area contributed by atoms with E-state index in [4.69, 9.17) is 15.7 Å². The van der Waals surface area contributed by atoms with Crippen LogP contribution in [0.1, 0.15) is 6.42 Å². The molecule has 1 heterocycles. The number of nitriles is 1. The topological polar surface area (TPSA) is 114 Å². The number of aromatic nitrogens is 2. The van der Waals surface area contributed by atoms with Gasteiger partial charge in [0.1, 0.15) is 4.90 Å². The van der Waals surface area contributed by atoms with Crippen LogP contribution in [0.2, 0.25) is 0 Å². The van der Waals surface area contributed by atoms with E-state index in [0.29, 0.717) is 0 Å². The molecule has 1 aromatic heterocycles. The Bertz CT molecular complexity index is 560. The summed E-state index contributed by atoms with van der Waals surface area (Å²) in [6.07, 6.45) is 1.44. The van der Waals surface area contributed by atoms with Crippen LogP contribution in [0.15, 0.2) is 11.1 Å². The Balaban J connectivity index is 3.04. The van der Waals surface area contributed by atoms with Crippen LogP contribution in [0.3, 0.4) is 0 Å². The maximum atomic E-state index is 12.4. The van der Waals surface area contributed by atoms with Gasteiger partial charge in [-0.15, -0.1) is 0 Å². The Hall–Kier alpha value is -1.63. The molecule has 0 unspecified atom stereocenters. The van der Waals surface area contributed by atoms with Gasteiger partial charge in [0.2, 0.25) is 10.0 Å². The van der Waals surface area contributed by atoms with Gasteiger partial charge in [-0.05, 0) is 0 Å². The first kappa shape index (κ1) is 15.4. The third-order valence-electron chi connectivity index (χ3n) is 2.46. The van der Waals surface area contributed by atoms with Crippen LogP contribution in [-0.2, 0) is 21.8 Å². The molecule has 0 atom stereocenters. The largest absolute Gasteiger partial charge is 0.383 e. The predicted molar refractivity (Wildman–Crippen MR) is 68.5 cm³/mol. The van der Waals surface area contributed by atoms with Crippen molar-refractivity contribution < 1.29 is 13.2 Å². The van der Waals surface area contributed by atoms with Gasteiger partial charge >= 0.3 is 0 Å². The standard InChI is InChI=1S/C10H17N5O3S/c1-14-8-9(10(12)13-14)19(16,17)15(5-3-4-11)6-7-18-2/h8H,3,5-7H2,1-2H3,(H2,12,13). The van der Waals surface area contributed by atoms with Crippen molar-refractivity contribution in [3.8, 4) is 6.07 Å². The molecule has 9 heteroatoms. The van der Waals surface area contributed by atoms with Crippen molar-refractivity contribution >= 4 is 15.8 Å². The molecule has 0 aliphatic heterocycles. The number of anilines is 1. The SMILES string of the molecule is COCCN(CCC#N)S(=O)(=O)c1cn(C)nc1N. The van der Waals surface area contributed by atoms with Crippen molar-refractivity contribution in [1.29, 1.82) is 5.26 Å². The summed E-state index contributed by atoms with van der Waals surface area (Å²) in [6.45, 7) is 0.496. The van der Waals surface area contributed by atoms with Crippen LogP contribution in [-0.4, -0.2) is 49.3 Å². The molecule has 0 aliphatic rings. The minimum Gasteiger partial charge on any atom is -0.383 e. The number of aryl methyl sites for hydroxylation is 1. The minimum absolute atomic E-state index is 0.0518. The smallest absolute Gasteiger partial charge is 0.248 e. The van der Waals surface area contributed by atoms with E-state index in [-0.39, 0.29) is 36.8 Å². The van der Waals surface area contributed by atoms with Gasteiger partial charge in [-0.1, -0.05) is 0 Å². The van der Waals surface area contributed by atoms with Gasteiger partial charge < -0.3 is 10.5 Å². The van der Waals surface area contributed by atoms with E-state index < -0.39 is 10.0 Å². The van der Waals surface area contributed by atoms with Crippen molar-refractivity contribution in [2.75, 3.05) is 32.5 Å². The van der Waals surface area contributed by atoms with Crippen molar-refractivity contribution in [3.05, 3.63) is 6.20 Å². The molecule has 8 nitrogen and oxygen atoms in total. The molecule has 0 spiro atoms. The highest BCUT2D eigenvalue weighted by molar-refractivity contribution is 7.89. The highest BCUT2D eigenvalue weighted by Crippen LogP contribution is 2.20. The summed E-state index contributed by atoms with van der Waals surface area (Å²) in [7, 11) is -0.694. The van der Waals surface area contributed by atoms with Gasteiger partial charge in [0.05, 0.1) is 12.7 Å². The summed E-state index contributed by atoms with van der Waals surface area (Å²) in [4.78, 5) is -0.0518. The van der Waals surface area contributed by atoms with Crippen LogP contribution in [0.4, 0.5) is 5.82 Å². The van der Waals surface area contributed by atoms with Gasteiger partial charge in [0.15, 0.2) is 5.82 Å². The molecule has 0 fully saturated rings. The molecular weight excluding hydrogens is 270 g/mol. The molecule has 0 bridgehead atoms. The third-order valence-corrected chi connectivity index (χ3v) is 4.37. The van der Waals surface area contributed by atoms with Crippen molar-refractivity contribution in [3.63, 3.8) is 0 Å². The molecule has 0 aromatic carbocycles. The molecular formula is C10H17N5O3S. The first-order valence-corrected chi connectivity index (χ1v) is 7.02. The van der Waals surface area contributed by atoms with E-state index in [1.165, 1.54) is 22.3 Å². The summed E-state index contributed by atoms with van der Waals surface area (Å²) in [6, 6.07) is 1.92. The van der Waals surface area contributed by atoms with Crippen LogP contribution in [0.5, 0.6) is 0 Å². The third kappa shape index (κ3) is 3.66. The maximum absolute atomic E-state index is 12.4. The highest BCUT2D eigenvalue weighted by atomic mass is 32.2. The van der Waals surface area contributed by atoms with E-state index in [9.17, 15) is 8.42 Å². The van der Waals surface area contributed by atoms with Crippen LogP contribution in [0.25, 0.3) is 0 Å².